The number of carboxylic acid groups (broad SMARTS) is 2. The van der Waals surface area contributed by atoms with Gasteiger partial charge in [0.1, 0.15) is 5.82 Å². The van der Waals surface area contributed by atoms with Gasteiger partial charge in [-0.15, -0.1) is 0 Å². The van der Waals surface area contributed by atoms with Gasteiger partial charge in [0.15, 0.2) is 0 Å². The molecule has 7 nitrogen and oxygen atoms in total. The Kier molecular flexibility index (Phi) is 8.67. The summed E-state index contributed by atoms with van der Waals surface area (Å²) in [6, 6.07) is 7.03. The Hall–Kier alpha value is -2.87. The highest BCUT2D eigenvalue weighted by atomic mass is 35.5. The number of fused-ring (bicyclic) bond motifs is 1. The Labute approximate surface area is 172 Å². The molecule has 1 aliphatic rings. The molecule has 1 aromatic carbocycles. The monoisotopic (exact) mass is 423 g/mol. The van der Waals surface area contributed by atoms with Crippen molar-refractivity contribution in [1.82, 2.24) is 4.98 Å². The number of aliphatic carboxylic acids is 2. The number of carbonyl (C=O) groups is 2. The Morgan fingerprint density at radius 3 is 2.48 bits per heavy atom. The first-order chi connectivity index (χ1) is 13.9. The molecule has 4 N–H and O–H groups in total. The molecule has 9 heteroatoms. The fourth-order valence-electron chi connectivity index (χ4n) is 2.79. The summed E-state index contributed by atoms with van der Waals surface area (Å²) in [4.78, 5) is 23.3. The zero-order valence-electron chi connectivity index (χ0n) is 15.8. The smallest absolute Gasteiger partial charge is 0.303 e. The Morgan fingerprint density at radius 1 is 1.14 bits per heavy atom. The molecule has 0 spiro atoms. The van der Waals surface area contributed by atoms with Crippen LogP contribution in [0.15, 0.2) is 30.5 Å². The molecule has 156 valence electrons. The van der Waals surface area contributed by atoms with E-state index in [0.717, 1.165) is 42.9 Å². The van der Waals surface area contributed by atoms with E-state index < -0.39 is 11.9 Å². The van der Waals surface area contributed by atoms with Gasteiger partial charge in [-0.25, -0.2) is 4.39 Å². The number of hydrogen-bond acceptors (Lipinski definition) is 5. The lowest BCUT2D eigenvalue weighted by Crippen LogP contribution is -2.06. The fourth-order valence-corrected chi connectivity index (χ4v) is 3.03. The highest BCUT2D eigenvalue weighted by Gasteiger charge is 2.14. The molecule has 0 saturated carbocycles. The van der Waals surface area contributed by atoms with Crippen LogP contribution >= 0.6 is 11.6 Å². The van der Waals surface area contributed by atoms with E-state index in [2.05, 4.69) is 15.6 Å². The maximum atomic E-state index is 12.9. The summed E-state index contributed by atoms with van der Waals surface area (Å²) < 4.78 is 12.9. The van der Waals surface area contributed by atoms with Gasteiger partial charge in [0.2, 0.25) is 0 Å². The van der Waals surface area contributed by atoms with Gasteiger partial charge < -0.3 is 20.8 Å². The molecule has 1 aromatic heterocycles. The summed E-state index contributed by atoms with van der Waals surface area (Å²) in [6.07, 6.45) is 3.94. The predicted molar refractivity (Wildman–Crippen MR) is 109 cm³/mol. The third-order valence-electron chi connectivity index (χ3n) is 4.22. The first-order valence-electron chi connectivity index (χ1n) is 9.20. The van der Waals surface area contributed by atoms with Crippen LogP contribution in [0.25, 0.3) is 0 Å². The molecule has 0 unspecified atom stereocenters. The molecule has 2 aromatic rings. The molecule has 1 aliphatic heterocycles. The maximum absolute atomic E-state index is 12.9. The van der Waals surface area contributed by atoms with Crippen LogP contribution in [0.2, 0.25) is 5.02 Å². The Morgan fingerprint density at radius 2 is 1.86 bits per heavy atom. The first-order valence-corrected chi connectivity index (χ1v) is 9.57. The minimum absolute atomic E-state index is 0.296. The van der Waals surface area contributed by atoms with E-state index >= 15 is 0 Å². The van der Waals surface area contributed by atoms with E-state index in [1.807, 2.05) is 12.1 Å². The van der Waals surface area contributed by atoms with E-state index in [1.54, 1.807) is 6.07 Å². The summed E-state index contributed by atoms with van der Waals surface area (Å²) in [7, 11) is 0. The van der Waals surface area contributed by atoms with Crippen LogP contribution in [0.4, 0.5) is 15.8 Å². The predicted octanol–water partition coefficient (Wildman–Crippen LogP) is 4.17. The maximum Gasteiger partial charge on any atom is 0.303 e. The molecule has 0 saturated heterocycles. The number of nitrogens with zero attached hydrogens (tertiary/aromatic N) is 1. The van der Waals surface area contributed by atoms with Crippen LogP contribution in [-0.2, 0) is 22.6 Å². The van der Waals surface area contributed by atoms with E-state index in [-0.39, 0.29) is 18.7 Å². The van der Waals surface area contributed by atoms with Crippen LogP contribution in [0, 0.1) is 5.82 Å². The van der Waals surface area contributed by atoms with Gasteiger partial charge in [0.05, 0.1) is 42.0 Å². The highest BCUT2D eigenvalue weighted by molar-refractivity contribution is 6.33. The summed E-state index contributed by atoms with van der Waals surface area (Å²) in [5, 5.41) is 23.3. The number of pyridine rings is 1. The van der Waals surface area contributed by atoms with Crippen molar-refractivity contribution in [2.24, 2.45) is 0 Å². The average molecular weight is 424 g/mol. The second-order valence-electron chi connectivity index (χ2n) is 6.44. The number of halogens is 2. The van der Waals surface area contributed by atoms with Gasteiger partial charge in [-0.2, -0.15) is 0 Å². The zero-order chi connectivity index (χ0) is 21.2. The molecule has 0 radical (unpaired) electrons. The van der Waals surface area contributed by atoms with Crippen molar-refractivity contribution < 1.29 is 24.2 Å². The molecular formula is C20H23ClFN3O4. The molecule has 0 aliphatic carbocycles. The summed E-state index contributed by atoms with van der Waals surface area (Å²) >= 11 is 6.34. The molecule has 0 atom stereocenters. The first kappa shape index (κ1) is 22.4. The van der Waals surface area contributed by atoms with Crippen LogP contribution in [-0.4, -0.2) is 33.7 Å². The molecule has 0 fully saturated rings. The van der Waals surface area contributed by atoms with Crippen LogP contribution in [0.1, 0.15) is 36.9 Å². The Bertz CT molecular complexity index is 832. The van der Waals surface area contributed by atoms with E-state index in [0.29, 0.717) is 11.6 Å². The van der Waals surface area contributed by atoms with E-state index in [9.17, 15) is 14.0 Å². The van der Waals surface area contributed by atoms with Crippen LogP contribution in [0.5, 0.6) is 0 Å². The summed E-state index contributed by atoms with van der Waals surface area (Å²) in [5.74, 6) is -2.48. The second kappa shape index (κ2) is 11.2. The summed E-state index contributed by atoms with van der Waals surface area (Å²) in [5.41, 5.74) is 4.11. The molecule has 0 bridgehead atoms. The molecule has 2 heterocycles. The number of nitrogens with one attached hydrogen (secondary N) is 2. The van der Waals surface area contributed by atoms with E-state index in [4.69, 9.17) is 21.8 Å². The van der Waals surface area contributed by atoms with Crippen LogP contribution < -0.4 is 10.6 Å². The summed E-state index contributed by atoms with van der Waals surface area (Å²) in [6.45, 7) is 1.52. The minimum atomic E-state index is -1.08. The highest BCUT2D eigenvalue weighted by Crippen LogP contribution is 2.34. The lowest BCUT2D eigenvalue weighted by Gasteiger charge is -2.16. The molecule has 3 rings (SSSR count). The number of hydrogen-bond donors (Lipinski definition) is 4. The standard InChI is InChI=1S/C16H17ClFN3.C4H6O4/c17-14-6-7-15-13(3-1-2-8-19-15)16(14)21-10-12-5-4-11(18)9-20-12;5-3(6)1-2-4(7)8/h4-7,9,19,21H,1-3,8,10H2;1-2H2,(H,5,6)(H,7,8). The van der Waals surface area contributed by atoms with Crippen molar-refractivity contribution in [3.05, 3.63) is 52.6 Å². The third-order valence-corrected chi connectivity index (χ3v) is 4.53. The lowest BCUT2D eigenvalue weighted by atomic mass is 10.1. The average Bonchev–Trinajstić information content (AvgIpc) is 2.93. The van der Waals surface area contributed by atoms with Crippen molar-refractivity contribution in [2.75, 3.05) is 17.2 Å². The Balaban J connectivity index is 0.000000321. The molecule has 0 amide bonds. The van der Waals surface area contributed by atoms with Gasteiger partial charge in [-0.1, -0.05) is 11.6 Å². The number of rotatable bonds is 6. The lowest BCUT2D eigenvalue weighted by molar-refractivity contribution is -0.143. The third kappa shape index (κ3) is 7.57. The number of aromatic nitrogens is 1. The van der Waals surface area contributed by atoms with Crippen molar-refractivity contribution in [1.29, 1.82) is 0 Å². The topological polar surface area (TPSA) is 112 Å². The van der Waals surface area contributed by atoms with Crippen molar-refractivity contribution in [3.8, 4) is 0 Å². The van der Waals surface area contributed by atoms with Crippen molar-refractivity contribution in [3.63, 3.8) is 0 Å². The molecule has 29 heavy (non-hydrogen) atoms. The second-order valence-corrected chi connectivity index (χ2v) is 6.85. The quantitative estimate of drug-likeness (QED) is 0.551. The number of anilines is 2. The zero-order valence-corrected chi connectivity index (χ0v) is 16.5. The molecular weight excluding hydrogens is 401 g/mol. The van der Waals surface area contributed by atoms with Gasteiger partial charge in [0, 0.05) is 12.2 Å². The largest absolute Gasteiger partial charge is 0.481 e. The van der Waals surface area contributed by atoms with Gasteiger partial charge in [-0.3, -0.25) is 14.6 Å². The fraction of sp³-hybridized carbons (Fsp3) is 0.350. The number of carboxylic acids is 2. The van der Waals surface area contributed by atoms with E-state index in [1.165, 1.54) is 17.8 Å². The van der Waals surface area contributed by atoms with Crippen molar-refractivity contribution in [2.45, 2.75) is 38.6 Å². The SMILES string of the molecule is Fc1ccc(CNc2c(Cl)ccc3c2CCCCN3)nc1.O=C(O)CCC(=O)O. The minimum Gasteiger partial charge on any atom is -0.481 e. The van der Waals surface area contributed by atoms with Crippen LogP contribution in [0.3, 0.4) is 0 Å². The number of benzene rings is 1. The van der Waals surface area contributed by atoms with Crippen molar-refractivity contribution >= 4 is 34.9 Å². The van der Waals surface area contributed by atoms with Gasteiger partial charge in [-0.05, 0) is 49.1 Å². The van der Waals surface area contributed by atoms with Gasteiger partial charge >= 0.3 is 11.9 Å². The normalized spacial score (nSPS) is 12.5. The van der Waals surface area contributed by atoms with Gasteiger partial charge in [0.25, 0.3) is 0 Å².